The average Bonchev–Trinajstić information content (AvgIpc) is 3.86. The van der Waals surface area contributed by atoms with E-state index >= 15 is 0 Å². The molecule has 11 rings (SSSR count). The van der Waals surface area contributed by atoms with Crippen LogP contribution in [0.25, 0.3) is 104 Å². The summed E-state index contributed by atoms with van der Waals surface area (Å²) in [5, 5.41) is 3.86. The minimum absolute atomic E-state index is 1.13. The Balaban J connectivity index is 1.10. The molecule has 2 heteroatoms. The Morgan fingerprint density at radius 3 is 1.43 bits per heavy atom. The Morgan fingerprint density at radius 1 is 0.310 bits per heavy atom. The third-order valence-electron chi connectivity index (χ3n) is 11.5. The van der Waals surface area contributed by atoms with Crippen LogP contribution in [0.5, 0.6) is 0 Å². The lowest BCUT2D eigenvalue weighted by Gasteiger charge is -2.14. The van der Waals surface area contributed by atoms with Gasteiger partial charge < -0.3 is 4.57 Å². The molecule has 2 heterocycles. The molecule has 0 radical (unpaired) electrons. The summed E-state index contributed by atoms with van der Waals surface area (Å²) >= 11 is 1.88. The van der Waals surface area contributed by atoms with Crippen LogP contribution >= 0.6 is 11.3 Å². The highest BCUT2D eigenvalue weighted by molar-refractivity contribution is 7.26. The van der Waals surface area contributed by atoms with Crippen molar-refractivity contribution in [3.63, 3.8) is 0 Å². The standard InChI is InChI=1S/C56H37NS/c1-4-13-38(14-5-1)40-23-25-42(26-24-40)46-33-36-52-51(37-46)54(44-29-27-41(28-30-44)39-15-6-2-7-16-39)55(45-17-8-3-9-18-45)57(52)47-34-31-43(32-35-47)48-20-12-21-50-49-19-10-11-22-53(49)58-56(48)50/h1-37H. The molecule has 0 aliphatic carbocycles. The fraction of sp³-hybridized carbons (Fsp3) is 0. The molecule has 0 aliphatic heterocycles. The first kappa shape index (κ1) is 34.0. The summed E-state index contributed by atoms with van der Waals surface area (Å²) in [4.78, 5) is 0. The van der Waals surface area contributed by atoms with E-state index in [1.54, 1.807) is 0 Å². The largest absolute Gasteiger partial charge is 0.309 e. The molecule has 2 aromatic heterocycles. The van der Waals surface area contributed by atoms with Gasteiger partial charge in [-0.15, -0.1) is 11.3 Å². The first-order chi connectivity index (χ1) is 28.8. The Morgan fingerprint density at radius 2 is 0.793 bits per heavy atom. The molecule has 0 fully saturated rings. The summed E-state index contributed by atoms with van der Waals surface area (Å²) in [5.41, 5.74) is 16.8. The molecule has 0 unspecified atom stereocenters. The monoisotopic (exact) mass is 755 g/mol. The van der Waals surface area contributed by atoms with Crippen molar-refractivity contribution >= 4 is 42.4 Å². The first-order valence-electron chi connectivity index (χ1n) is 19.8. The van der Waals surface area contributed by atoms with Crippen LogP contribution in [0.3, 0.4) is 0 Å². The molecule has 9 aromatic carbocycles. The van der Waals surface area contributed by atoms with E-state index in [0.717, 1.165) is 5.69 Å². The van der Waals surface area contributed by atoms with E-state index in [2.05, 4.69) is 229 Å². The lowest BCUT2D eigenvalue weighted by molar-refractivity contribution is 1.14. The highest BCUT2D eigenvalue weighted by Gasteiger charge is 2.22. The second-order valence-electron chi connectivity index (χ2n) is 14.9. The molecule has 0 spiro atoms. The van der Waals surface area contributed by atoms with Crippen molar-refractivity contribution in [2.24, 2.45) is 0 Å². The van der Waals surface area contributed by atoms with E-state index in [-0.39, 0.29) is 0 Å². The summed E-state index contributed by atoms with van der Waals surface area (Å²) in [5.74, 6) is 0. The van der Waals surface area contributed by atoms with E-state index < -0.39 is 0 Å². The van der Waals surface area contributed by atoms with Crippen LogP contribution < -0.4 is 0 Å². The van der Waals surface area contributed by atoms with Gasteiger partial charge in [0.15, 0.2) is 0 Å². The predicted octanol–water partition coefficient (Wildman–Crippen LogP) is 16.0. The van der Waals surface area contributed by atoms with Gasteiger partial charge in [0.1, 0.15) is 0 Å². The highest BCUT2D eigenvalue weighted by atomic mass is 32.1. The number of benzene rings is 9. The highest BCUT2D eigenvalue weighted by Crippen LogP contribution is 2.45. The zero-order chi connectivity index (χ0) is 38.4. The quantitative estimate of drug-likeness (QED) is 0.153. The number of hydrogen-bond acceptors (Lipinski definition) is 1. The van der Waals surface area contributed by atoms with Crippen molar-refractivity contribution in [1.29, 1.82) is 0 Å². The maximum absolute atomic E-state index is 2.47. The van der Waals surface area contributed by atoms with Crippen molar-refractivity contribution in [1.82, 2.24) is 4.57 Å². The topological polar surface area (TPSA) is 4.93 Å². The third-order valence-corrected chi connectivity index (χ3v) is 12.7. The van der Waals surface area contributed by atoms with Crippen LogP contribution in [-0.2, 0) is 0 Å². The first-order valence-corrected chi connectivity index (χ1v) is 20.7. The fourth-order valence-corrected chi connectivity index (χ4v) is 9.85. The maximum atomic E-state index is 2.47. The molecule has 0 aliphatic rings. The number of hydrogen-bond donors (Lipinski definition) is 0. The van der Waals surface area contributed by atoms with Gasteiger partial charge in [0.25, 0.3) is 0 Å². The van der Waals surface area contributed by atoms with Gasteiger partial charge in [-0.2, -0.15) is 0 Å². The Labute approximate surface area is 342 Å². The van der Waals surface area contributed by atoms with Gasteiger partial charge >= 0.3 is 0 Å². The molecule has 0 amide bonds. The van der Waals surface area contributed by atoms with Crippen LogP contribution in [0.1, 0.15) is 0 Å². The Kier molecular flexibility index (Phi) is 8.42. The number of thiophene rings is 1. The van der Waals surface area contributed by atoms with E-state index in [4.69, 9.17) is 0 Å². The van der Waals surface area contributed by atoms with Crippen molar-refractivity contribution in [2.75, 3.05) is 0 Å². The van der Waals surface area contributed by atoms with Crippen molar-refractivity contribution in [3.8, 4) is 72.6 Å². The lowest BCUT2D eigenvalue weighted by atomic mass is 9.94. The van der Waals surface area contributed by atoms with Gasteiger partial charge in [0, 0.05) is 36.8 Å². The Bertz CT molecular complexity index is 3210. The molecule has 272 valence electrons. The molecular formula is C56H37NS. The van der Waals surface area contributed by atoms with Gasteiger partial charge in [0.05, 0.1) is 11.2 Å². The summed E-state index contributed by atoms with van der Waals surface area (Å²) in [6.45, 7) is 0. The molecule has 1 nitrogen and oxygen atoms in total. The molecule has 0 saturated heterocycles. The van der Waals surface area contributed by atoms with Crippen molar-refractivity contribution < 1.29 is 0 Å². The van der Waals surface area contributed by atoms with E-state index in [1.165, 1.54) is 98.0 Å². The van der Waals surface area contributed by atoms with Gasteiger partial charge in [-0.1, -0.05) is 194 Å². The zero-order valence-corrected chi connectivity index (χ0v) is 32.5. The zero-order valence-electron chi connectivity index (χ0n) is 31.7. The molecule has 0 atom stereocenters. The second kappa shape index (κ2) is 14.4. The third kappa shape index (κ3) is 5.94. The van der Waals surface area contributed by atoms with Crippen molar-refractivity contribution in [2.45, 2.75) is 0 Å². The van der Waals surface area contributed by atoms with Crippen LogP contribution in [0.15, 0.2) is 224 Å². The van der Waals surface area contributed by atoms with Crippen LogP contribution in [0, 0.1) is 0 Å². The molecule has 58 heavy (non-hydrogen) atoms. The molecular weight excluding hydrogens is 719 g/mol. The Hall–Kier alpha value is -7.26. The summed E-state index contributed by atoms with van der Waals surface area (Å²) in [7, 11) is 0. The fourth-order valence-electron chi connectivity index (χ4n) is 8.61. The van der Waals surface area contributed by atoms with Crippen LogP contribution in [0.4, 0.5) is 0 Å². The SMILES string of the molecule is c1ccc(-c2ccc(-c3ccc4c(c3)c(-c3ccc(-c5ccccc5)cc3)c(-c3ccccc3)n4-c3ccc(-c4cccc5c4sc4ccccc45)cc3)cc2)cc1. The predicted molar refractivity (Wildman–Crippen MR) is 249 cm³/mol. The van der Waals surface area contributed by atoms with Gasteiger partial charge in [-0.3, -0.25) is 0 Å². The summed E-state index contributed by atoms with van der Waals surface area (Å²) < 4.78 is 5.12. The number of aromatic nitrogens is 1. The molecule has 0 N–H and O–H groups in total. The number of rotatable bonds is 7. The maximum Gasteiger partial charge on any atom is 0.0619 e. The average molecular weight is 756 g/mol. The van der Waals surface area contributed by atoms with Gasteiger partial charge in [-0.25, -0.2) is 0 Å². The van der Waals surface area contributed by atoms with E-state index in [1.807, 2.05) is 11.3 Å². The number of fused-ring (bicyclic) bond motifs is 4. The normalized spacial score (nSPS) is 11.4. The molecule has 0 bridgehead atoms. The van der Waals surface area contributed by atoms with E-state index in [0.29, 0.717) is 0 Å². The van der Waals surface area contributed by atoms with Crippen molar-refractivity contribution in [3.05, 3.63) is 224 Å². The van der Waals surface area contributed by atoms with Gasteiger partial charge in [-0.05, 0) is 86.0 Å². The van der Waals surface area contributed by atoms with Crippen LogP contribution in [-0.4, -0.2) is 4.57 Å². The van der Waals surface area contributed by atoms with Gasteiger partial charge in [0.2, 0.25) is 0 Å². The second-order valence-corrected chi connectivity index (χ2v) is 15.9. The summed E-state index contributed by atoms with van der Waals surface area (Å²) in [6.07, 6.45) is 0. The smallest absolute Gasteiger partial charge is 0.0619 e. The van der Waals surface area contributed by atoms with E-state index in [9.17, 15) is 0 Å². The molecule has 11 aromatic rings. The van der Waals surface area contributed by atoms with Crippen LogP contribution in [0.2, 0.25) is 0 Å². The molecule has 0 saturated carbocycles. The minimum Gasteiger partial charge on any atom is -0.309 e. The lowest BCUT2D eigenvalue weighted by Crippen LogP contribution is -1.98. The summed E-state index contributed by atoms with van der Waals surface area (Å²) in [6, 6.07) is 81.8. The number of nitrogens with zero attached hydrogens (tertiary/aromatic N) is 1. The minimum atomic E-state index is 1.13.